The molecule has 0 spiro atoms. The first kappa shape index (κ1) is 18.0. The number of hydrogen-bond acceptors (Lipinski definition) is 4. The van der Waals surface area contributed by atoms with Crippen molar-refractivity contribution in [1.29, 1.82) is 0 Å². The zero-order valence-corrected chi connectivity index (χ0v) is 15.6. The second-order valence-corrected chi connectivity index (χ2v) is 6.80. The third kappa shape index (κ3) is 4.64. The molecule has 0 radical (unpaired) electrons. The van der Waals surface area contributed by atoms with E-state index in [1.54, 1.807) is 7.11 Å². The second-order valence-electron chi connectivity index (χ2n) is 5.89. The van der Waals surface area contributed by atoms with E-state index in [4.69, 9.17) is 9.47 Å². The highest BCUT2D eigenvalue weighted by atomic mass is 32.1. The summed E-state index contributed by atoms with van der Waals surface area (Å²) in [7, 11) is 1.64. The topological polar surface area (TPSA) is 47.6 Å². The minimum atomic E-state index is -0.0838. The van der Waals surface area contributed by atoms with E-state index in [1.165, 1.54) is 11.3 Å². The molecule has 5 heteroatoms. The fourth-order valence-corrected chi connectivity index (χ4v) is 3.30. The molecule has 2 aromatic carbocycles. The van der Waals surface area contributed by atoms with Crippen LogP contribution in [-0.2, 0) is 6.61 Å². The van der Waals surface area contributed by atoms with Crippen molar-refractivity contribution < 1.29 is 14.3 Å². The Labute approximate surface area is 157 Å². The number of para-hydroxylation sites is 1. The number of benzene rings is 2. The lowest BCUT2D eigenvalue weighted by atomic mass is 10.1. The minimum Gasteiger partial charge on any atom is -0.497 e. The molecule has 1 unspecified atom stereocenters. The Morgan fingerprint density at radius 1 is 1.08 bits per heavy atom. The van der Waals surface area contributed by atoms with E-state index in [-0.39, 0.29) is 11.9 Å². The number of carbonyl (C=O) groups is 1. The van der Waals surface area contributed by atoms with E-state index in [0.717, 1.165) is 22.6 Å². The van der Waals surface area contributed by atoms with Crippen molar-refractivity contribution in [3.8, 4) is 11.5 Å². The van der Waals surface area contributed by atoms with Gasteiger partial charge in [0.15, 0.2) is 0 Å². The third-order valence-corrected chi connectivity index (χ3v) is 4.97. The lowest BCUT2D eigenvalue weighted by molar-refractivity contribution is 0.0944. The van der Waals surface area contributed by atoms with Gasteiger partial charge in [-0.2, -0.15) is 0 Å². The van der Waals surface area contributed by atoms with Gasteiger partial charge in [-0.15, -0.1) is 11.3 Å². The number of amides is 1. The zero-order valence-electron chi connectivity index (χ0n) is 14.8. The van der Waals surface area contributed by atoms with Gasteiger partial charge in [0.1, 0.15) is 18.1 Å². The first-order chi connectivity index (χ1) is 12.7. The molecule has 3 aromatic rings. The highest BCUT2D eigenvalue weighted by Crippen LogP contribution is 2.21. The third-order valence-electron chi connectivity index (χ3n) is 3.99. The molecule has 0 aliphatic heterocycles. The van der Waals surface area contributed by atoms with Crippen LogP contribution in [-0.4, -0.2) is 13.0 Å². The predicted molar refractivity (Wildman–Crippen MR) is 104 cm³/mol. The van der Waals surface area contributed by atoms with Crippen LogP contribution in [0, 0.1) is 0 Å². The molecule has 1 atom stereocenters. The highest BCUT2D eigenvalue weighted by Gasteiger charge is 2.14. The quantitative estimate of drug-likeness (QED) is 0.651. The van der Waals surface area contributed by atoms with Gasteiger partial charge in [-0.3, -0.25) is 4.79 Å². The Morgan fingerprint density at radius 2 is 1.81 bits per heavy atom. The summed E-state index contributed by atoms with van der Waals surface area (Å²) in [5.74, 6) is 1.54. The number of rotatable bonds is 7. The Balaban J connectivity index is 1.56. The van der Waals surface area contributed by atoms with E-state index in [1.807, 2.05) is 73.0 Å². The van der Waals surface area contributed by atoms with E-state index in [9.17, 15) is 4.79 Å². The molecule has 1 heterocycles. The molecule has 4 nitrogen and oxygen atoms in total. The van der Waals surface area contributed by atoms with Crippen LogP contribution in [0.2, 0.25) is 0 Å². The summed E-state index contributed by atoms with van der Waals surface area (Å²) in [5, 5.41) is 4.98. The van der Waals surface area contributed by atoms with E-state index in [2.05, 4.69) is 5.32 Å². The molecule has 3 rings (SSSR count). The molecule has 0 aliphatic carbocycles. The van der Waals surface area contributed by atoms with Crippen LogP contribution in [0.15, 0.2) is 66.0 Å². The van der Waals surface area contributed by atoms with Crippen LogP contribution in [0.4, 0.5) is 0 Å². The van der Waals surface area contributed by atoms with Gasteiger partial charge < -0.3 is 14.8 Å². The van der Waals surface area contributed by atoms with Crippen LogP contribution >= 0.6 is 11.3 Å². The normalized spacial score (nSPS) is 11.6. The number of thiophene rings is 1. The number of carbonyl (C=O) groups excluding carboxylic acids is 1. The number of hydrogen-bond donors (Lipinski definition) is 1. The Kier molecular flexibility index (Phi) is 5.92. The van der Waals surface area contributed by atoms with Crippen LogP contribution in [0.3, 0.4) is 0 Å². The smallest absolute Gasteiger partial charge is 0.261 e. The molecular weight excluding hydrogens is 346 g/mol. The van der Waals surface area contributed by atoms with Crippen LogP contribution in [0.1, 0.15) is 33.8 Å². The summed E-state index contributed by atoms with van der Waals surface area (Å²) in [6.45, 7) is 2.41. The molecule has 1 aromatic heterocycles. The van der Waals surface area contributed by atoms with Gasteiger partial charge in [-0.25, -0.2) is 0 Å². The predicted octanol–water partition coefficient (Wildman–Crippen LogP) is 4.83. The maximum absolute atomic E-state index is 12.5. The van der Waals surface area contributed by atoms with Crippen molar-refractivity contribution in [3.63, 3.8) is 0 Å². The van der Waals surface area contributed by atoms with E-state index >= 15 is 0 Å². The maximum atomic E-state index is 12.5. The molecule has 134 valence electrons. The van der Waals surface area contributed by atoms with Crippen molar-refractivity contribution in [1.82, 2.24) is 5.32 Å². The number of methoxy groups -OCH3 is 1. The summed E-state index contributed by atoms with van der Waals surface area (Å²) in [4.78, 5) is 13.2. The van der Waals surface area contributed by atoms with Gasteiger partial charge in [0.05, 0.1) is 18.0 Å². The Bertz CT molecular complexity index is 843. The largest absolute Gasteiger partial charge is 0.497 e. The lowest BCUT2D eigenvalue weighted by Crippen LogP contribution is -2.25. The molecule has 0 saturated carbocycles. The maximum Gasteiger partial charge on any atom is 0.261 e. The molecule has 0 saturated heterocycles. The van der Waals surface area contributed by atoms with Crippen molar-refractivity contribution in [2.45, 2.75) is 19.6 Å². The van der Waals surface area contributed by atoms with Gasteiger partial charge in [0.2, 0.25) is 0 Å². The van der Waals surface area contributed by atoms with Crippen molar-refractivity contribution >= 4 is 17.2 Å². The second kappa shape index (κ2) is 8.54. The van der Waals surface area contributed by atoms with E-state index in [0.29, 0.717) is 11.5 Å². The van der Waals surface area contributed by atoms with Crippen molar-refractivity contribution in [2.75, 3.05) is 7.11 Å². The zero-order chi connectivity index (χ0) is 18.4. The van der Waals surface area contributed by atoms with Crippen LogP contribution in [0.25, 0.3) is 0 Å². The van der Waals surface area contributed by atoms with Gasteiger partial charge >= 0.3 is 0 Å². The molecular formula is C21H21NO3S. The number of nitrogens with one attached hydrogen (secondary N) is 1. The van der Waals surface area contributed by atoms with Crippen molar-refractivity contribution in [2.24, 2.45) is 0 Å². The molecule has 0 aliphatic rings. The summed E-state index contributed by atoms with van der Waals surface area (Å²) >= 11 is 1.42. The summed E-state index contributed by atoms with van der Waals surface area (Å²) in [5.41, 5.74) is 2.02. The fourth-order valence-electron chi connectivity index (χ4n) is 2.50. The average molecular weight is 367 g/mol. The number of ether oxygens (including phenoxy) is 2. The molecule has 26 heavy (non-hydrogen) atoms. The first-order valence-corrected chi connectivity index (χ1v) is 9.24. The van der Waals surface area contributed by atoms with Gasteiger partial charge in [-0.1, -0.05) is 30.3 Å². The Morgan fingerprint density at radius 3 is 2.50 bits per heavy atom. The van der Waals surface area contributed by atoms with Gasteiger partial charge in [-0.05, 0) is 48.2 Å². The summed E-state index contributed by atoms with van der Waals surface area (Å²) in [6, 6.07) is 19.1. The SMILES string of the molecule is COc1ccc(C(C)NC(=O)c2cc(COc3ccccc3)cs2)cc1. The molecule has 1 amide bonds. The lowest BCUT2D eigenvalue weighted by Gasteiger charge is -2.14. The van der Waals surface area contributed by atoms with Gasteiger partial charge in [0.25, 0.3) is 5.91 Å². The molecule has 0 bridgehead atoms. The Hall–Kier alpha value is -2.79. The van der Waals surface area contributed by atoms with Crippen LogP contribution < -0.4 is 14.8 Å². The monoisotopic (exact) mass is 367 g/mol. The average Bonchev–Trinajstić information content (AvgIpc) is 3.16. The summed E-state index contributed by atoms with van der Waals surface area (Å²) < 4.78 is 10.9. The fraction of sp³-hybridized carbons (Fsp3) is 0.190. The van der Waals surface area contributed by atoms with Gasteiger partial charge in [0, 0.05) is 5.56 Å². The van der Waals surface area contributed by atoms with Crippen LogP contribution in [0.5, 0.6) is 11.5 Å². The van der Waals surface area contributed by atoms with Crippen molar-refractivity contribution in [3.05, 3.63) is 82.0 Å². The minimum absolute atomic E-state index is 0.0794. The van der Waals surface area contributed by atoms with E-state index < -0.39 is 0 Å². The highest BCUT2D eigenvalue weighted by molar-refractivity contribution is 7.12. The first-order valence-electron chi connectivity index (χ1n) is 8.36. The molecule has 1 N–H and O–H groups in total. The summed E-state index contributed by atoms with van der Waals surface area (Å²) in [6.07, 6.45) is 0. The standard InChI is InChI=1S/C21H21NO3S/c1-15(17-8-10-18(24-2)11-9-17)22-21(23)20-12-16(14-26-20)13-25-19-6-4-3-5-7-19/h3-12,14-15H,13H2,1-2H3,(H,22,23). The molecule has 0 fully saturated rings.